The molecule has 0 bridgehead atoms. The number of hydrogen-bond acceptors (Lipinski definition) is 5. The van der Waals surface area contributed by atoms with Crippen molar-refractivity contribution in [1.29, 1.82) is 0 Å². The fourth-order valence-electron chi connectivity index (χ4n) is 3.69. The molecule has 2 amide bonds. The van der Waals surface area contributed by atoms with Crippen LogP contribution >= 0.6 is 0 Å². The van der Waals surface area contributed by atoms with Crippen LogP contribution in [0.3, 0.4) is 0 Å². The van der Waals surface area contributed by atoms with E-state index in [9.17, 15) is 14.7 Å². The van der Waals surface area contributed by atoms with Gasteiger partial charge < -0.3 is 25.2 Å². The highest BCUT2D eigenvalue weighted by molar-refractivity contribution is 5.98. The van der Waals surface area contributed by atoms with E-state index in [1.54, 1.807) is 30.3 Å². The van der Waals surface area contributed by atoms with E-state index in [1.807, 2.05) is 0 Å². The molecule has 2 aromatic carbocycles. The third-order valence-corrected chi connectivity index (χ3v) is 5.36. The van der Waals surface area contributed by atoms with Crippen molar-refractivity contribution in [2.45, 2.75) is 44.2 Å². The van der Waals surface area contributed by atoms with Crippen molar-refractivity contribution in [3.8, 4) is 17.2 Å². The smallest absolute Gasteiger partial charge is 0.252 e. The topological polar surface area (TPSA) is 96.9 Å². The summed E-state index contributed by atoms with van der Waals surface area (Å²) < 4.78 is 10.5. The quantitative estimate of drug-likeness (QED) is 0.648. The lowest BCUT2D eigenvalue weighted by Crippen LogP contribution is -2.45. The highest BCUT2D eigenvalue weighted by atomic mass is 16.5. The number of phenolic OH excluding ortho intramolecular Hbond substituents is 1. The molecule has 7 nitrogen and oxygen atoms in total. The van der Waals surface area contributed by atoms with Crippen molar-refractivity contribution >= 4 is 11.8 Å². The third kappa shape index (κ3) is 5.23. The zero-order valence-corrected chi connectivity index (χ0v) is 17.3. The molecule has 1 unspecified atom stereocenters. The van der Waals surface area contributed by atoms with Crippen LogP contribution in [0.25, 0.3) is 0 Å². The number of phenols is 1. The molecule has 1 atom stereocenters. The molecule has 1 aliphatic rings. The summed E-state index contributed by atoms with van der Waals surface area (Å²) in [4.78, 5) is 26.0. The third-order valence-electron chi connectivity index (χ3n) is 5.36. The first-order chi connectivity index (χ1) is 14.5. The zero-order chi connectivity index (χ0) is 21.5. The van der Waals surface area contributed by atoms with Crippen LogP contribution in [0.1, 0.15) is 54.1 Å². The normalized spacial score (nSPS) is 15.1. The lowest BCUT2D eigenvalue weighted by molar-refractivity contribution is -0.124. The highest BCUT2D eigenvalue weighted by Gasteiger charge is 2.26. The van der Waals surface area contributed by atoms with Gasteiger partial charge in [-0.05, 0) is 48.7 Å². The Morgan fingerprint density at radius 3 is 2.27 bits per heavy atom. The van der Waals surface area contributed by atoms with Gasteiger partial charge in [-0.3, -0.25) is 9.59 Å². The van der Waals surface area contributed by atoms with Crippen LogP contribution < -0.4 is 20.1 Å². The molecule has 1 fully saturated rings. The maximum atomic E-state index is 13.1. The molecule has 3 rings (SSSR count). The van der Waals surface area contributed by atoms with Crippen LogP contribution in [-0.2, 0) is 4.79 Å². The minimum atomic E-state index is -0.881. The molecule has 1 aliphatic carbocycles. The summed E-state index contributed by atoms with van der Waals surface area (Å²) in [6, 6.07) is 10.3. The van der Waals surface area contributed by atoms with E-state index >= 15 is 0 Å². The molecule has 160 valence electrons. The second-order valence-corrected chi connectivity index (χ2v) is 7.41. The number of carbonyl (C=O) groups excluding carboxylic acids is 2. The van der Waals surface area contributed by atoms with Crippen molar-refractivity contribution in [2.24, 2.45) is 0 Å². The van der Waals surface area contributed by atoms with Crippen LogP contribution in [-0.4, -0.2) is 37.2 Å². The van der Waals surface area contributed by atoms with Crippen molar-refractivity contribution in [3.63, 3.8) is 0 Å². The molecule has 0 aliphatic heterocycles. The molecule has 0 spiro atoms. The molecule has 7 heteroatoms. The molecule has 0 heterocycles. The summed E-state index contributed by atoms with van der Waals surface area (Å²) in [6.45, 7) is 0. The maximum Gasteiger partial charge on any atom is 0.252 e. The lowest BCUT2D eigenvalue weighted by atomic mass is 9.95. The van der Waals surface area contributed by atoms with Gasteiger partial charge >= 0.3 is 0 Å². The molecule has 30 heavy (non-hydrogen) atoms. The van der Waals surface area contributed by atoms with Crippen LogP contribution in [0.5, 0.6) is 17.2 Å². The van der Waals surface area contributed by atoms with Crippen molar-refractivity contribution in [1.82, 2.24) is 10.6 Å². The molecular formula is C23H28N2O5. The lowest BCUT2D eigenvalue weighted by Gasteiger charge is -2.26. The Labute approximate surface area is 176 Å². The number of nitrogens with one attached hydrogen (secondary N) is 2. The Morgan fingerprint density at radius 1 is 0.967 bits per heavy atom. The molecule has 1 saturated carbocycles. The first-order valence-electron chi connectivity index (χ1n) is 10.1. The summed E-state index contributed by atoms with van der Waals surface area (Å²) in [6.07, 6.45) is 5.25. The fraction of sp³-hybridized carbons (Fsp3) is 0.391. The van der Waals surface area contributed by atoms with E-state index in [0.29, 0.717) is 22.6 Å². The Bertz CT molecular complexity index is 876. The first kappa shape index (κ1) is 21.5. The Kier molecular flexibility index (Phi) is 7.17. The van der Waals surface area contributed by atoms with Gasteiger partial charge in [0, 0.05) is 11.6 Å². The number of amides is 2. The van der Waals surface area contributed by atoms with Gasteiger partial charge in [-0.15, -0.1) is 0 Å². The Balaban J connectivity index is 1.81. The van der Waals surface area contributed by atoms with Gasteiger partial charge in [-0.1, -0.05) is 31.4 Å². The van der Waals surface area contributed by atoms with E-state index in [1.165, 1.54) is 32.8 Å². The number of ether oxygens (including phenoxy) is 2. The van der Waals surface area contributed by atoms with Gasteiger partial charge in [0.1, 0.15) is 11.8 Å². The van der Waals surface area contributed by atoms with Gasteiger partial charge in [0.2, 0.25) is 5.91 Å². The molecule has 0 aromatic heterocycles. The predicted molar refractivity (Wildman–Crippen MR) is 113 cm³/mol. The summed E-state index contributed by atoms with van der Waals surface area (Å²) in [5.74, 6) is 0.364. The number of hydrogen-bond donors (Lipinski definition) is 3. The fourth-order valence-corrected chi connectivity index (χ4v) is 3.69. The van der Waals surface area contributed by atoms with Crippen LogP contribution in [0, 0.1) is 0 Å². The summed E-state index contributed by atoms with van der Waals surface area (Å²) in [5, 5.41) is 15.5. The van der Waals surface area contributed by atoms with Gasteiger partial charge in [0.05, 0.1) is 14.2 Å². The minimum Gasteiger partial charge on any atom is -0.508 e. The summed E-state index contributed by atoms with van der Waals surface area (Å²) >= 11 is 0. The second kappa shape index (κ2) is 10.0. The average Bonchev–Trinajstić information content (AvgIpc) is 2.78. The first-order valence-corrected chi connectivity index (χ1v) is 10.1. The standard InChI is InChI=1S/C23H28N2O5/c1-29-19-13-10-16(14-20(19)30-2)22(27)25-21(15-8-11-18(26)12-9-15)23(28)24-17-6-4-3-5-7-17/h8-14,17,21,26H,3-7H2,1-2H3,(H,24,28)(H,25,27). The number of methoxy groups -OCH3 is 2. The number of aromatic hydroxyl groups is 1. The van der Waals surface area contributed by atoms with Crippen LogP contribution in [0.4, 0.5) is 0 Å². The van der Waals surface area contributed by atoms with Crippen molar-refractivity contribution < 1.29 is 24.2 Å². The summed E-state index contributed by atoms with van der Waals surface area (Å²) in [5.41, 5.74) is 0.942. The van der Waals surface area contributed by atoms with E-state index in [0.717, 1.165) is 25.7 Å². The maximum absolute atomic E-state index is 13.1. The molecule has 0 radical (unpaired) electrons. The number of rotatable bonds is 7. The van der Waals surface area contributed by atoms with E-state index in [4.69, 9.17) is 9.47 Å². The summed E-state index contributed by atoms with van der Waals surface area (Å²) in [7, 11) is 3.02. The van der Waals surface area contributed by atoms with E-state index < -0.39 is 11.9 Å². The highest BCUT2D eigenvalue weighted by Crippen LogP contribution is 2.28. The predicted octanol–water partition coefficient (Wildman–Crippen LogP) is 3.33. The van der Waals surface area contributed by atoms with Crippen molar-refractivity contribution in [2.75, 3.05) is 14.2 Å². The van der Waals surface area contributed by atoms with E-state index in [2.05, 4.69) is 10.6 Å². The molecular weight excluding hydrogens is 384 g/mol. The minimum absolute atomic E-state index is 0.0939. The van der Waals surface area contributed by atoms with Gasteiger partial charge in [-0.25, -0.2) is 0 Å². The zero-order valence-electron chi connectivity index (χ0n) is 17.3. The van der Waals surface area contributed by atoms with Gasteiger partial charge in [0.15, 0.2) is 11.5 Å². The van der Waals surface area contributed by atoms with E-state index in [-0.39, 0.29) is 17.7 Å². The molecule has 2 aromatic rings. The number of carbonyl (C=O) groups is 2. The Hall–Kier alpha value is -3.22. The van der Waals surface area contributed by atoms with Crippen LogP contribution in [0.2, 0.25) is 0 Å². The Morgan fingerprint density at radius 2 is 1.63 bits per heavy atom. The van der Waals surface area contributed by atoms with Crippen molar-refractivity contribution in [3.05, 3.63) is 53.6 Å². The molecule has 0 saturated heterocycles. The largest absolute Gasteiger partial charge is 0.508 e. The van der Waals surface area contributed by atoms with Gasteiger partial charge in [0.25, 0.3) is 5.91 Å². The van der Waals surface area contributed by atoms with Crippen LogP contribution in [0.15, 0.2) is 42.5 Å². The molecule has 3 N–H and O–H groups in total. The second-order valence-electron chi connectivity index (χ2n) is 7.41. The monoisotopic (exact) mass is 412 g/mol. The average molecular weight is 412 g/mol. The van der Waals surface area contributed by atoms with Gasteiger partial charge in [-0.2, -0.15) is 0 Å². The SMILES string of the molecule is COc1ccc(C(=O)NC(C(=O)NC2CCCCC2)c2ccc(O)cc2)cc1OC. The number of benzene rings is 2.